The average Bonchev–Trinajstić information content (AvgIpc) is 2.78. The maximum atomic E-state index is 11.9. The first kappa shape index (κ1) is 17.4. The largest absolute Gasteiger partial charge is 0.480 e. The number of halogens is 1. The molecular formula is C12H16BrN3O4S. The molecule has 0 aliphatic rings. The van der Waals surface area contributed by atoms with Gasteiger partial charge in [0.2, 0.25) is 5.91 Å². The Bertz CT molecular complexity index is 534. The smallest absolute Gasteiger partial charge is 0.326 e. The third kappa shape index (κ3) is 6.13. The molecule has 0 spiro atoms. The number of primary amides is 1. The van der Waals surface area contributed by atoms with Crippen LogP contribution in [0.3, 0.4) is 0 Å². The number of rotatable bonds is 7. The van der Waals surface area contributed by atoms with E-state index in [9.17, 15) is 14.4 Å². The van der Waals surface area contributed by atoms with Crippen molar-refractivity contribution in [2.45, 2.75) is 25.4 Å². The highest BCUT2D eigenvalue weighted by molar-refractivity contribution is 9.10. The molecule has 0 aliphatic heterocycles. The van der Waals surface area contributed by atoms with Crippen LogP contribution in [0.1, 0.15) is 17.7 Å². The number of nitrogens with one attached hydrogen (secondary N) is 1. The molecule has 1 atom stereocenters. The van der Waals surface area contributed by atoms with Crippen molar-refractivity contribution in [2.24, 2.45) is 5.73 Å². The highest BCUT2D eigenvalue weighted by atomic mass is 79.9. The molecule has 0 aromatic carbocycles. The van der Waals surface area contributed by atoms with E-state index in [4.69, 9.17) is 10.8 Å². The van der Waals surface area contributed by atoms with Crippen LogP contribution in [0.4, 0.5) is 4.79 Å². The summed E-state index contributed by atoms with van der Waals surface area (Å²) in [5.74, 6) is -1.80. The summed E-state index contributed by atoms with van der Waals surface area (Å²) in [6.45, 7) is 0.365. The second kappa shape index (κ2) is 7.99. The van der Waals surface area contributed by atoms with Crippen molar-refractivity contribution in [3.05, 3.63) is 20.8 Å². The molecule has 3 amide bonds. The summed E-state index contributed by atoms with van der Waals surface area (Å²) in [5, 5.41) is 13.3. The number of hydrogen-bond donors (Lipinski definition) is 3. The third-order valence-corrected chi connectivity index (χ3v) is 4.32. The number of amides is 3. The van der Waals surface area contributed by atoms with Crippen LogP contribution in [0.25, 0.3) is 0 Å². The molecule has 0 aliphatic carbocycles. The van der Waals surface area contributed by atoms with Crippen molar-refractivity contribution in [1.82, 2.24) is 10.2 Å². The van der Waals surface area contributed by atoms with Gasteiger partial charge in [-0.1, -0.05) is 0 Å². The Hall–Kier alpha value is -1.61. The summed E-state index contributed by atoms with van der Waals surface area (Å²) >= 11 is 4.81. The SMILES string of the molecule is CN(Cc1cc(Br)cs1)C(=O)NC(CCC(N)=O)C(=O)O. The Balaban J connectivity index is 2.55. The van der Waals surface area contributed by atoms with E-state index in [1.54, 1.807) is 7.05 Å². The molecule has 1 heterocycles. The molecular weight excluding hydrogens is 362 g/mol. The summed E-state index contributed by atoms with van der Waals surface area (Å²) in [4.78, 5) is 36.0. The van der Waals surface area contributed by atoms with Gasteiger partial charge in [-0.3, -0.25) is 4.79 Å². The van der Waals surface area contributed by atoms with Gasteiger partial charge >= 0.3 is 12.0 Å². The predicted molar refractivity (Wildman–Crippen MR) is 81.9 cm³/mol. The molecule has 0 saturated heterocycles. The zero-order valence-corrected chi connectivity index (χ0v) is 13.7. The van der Waals surface area contributed by atoms with E-state index in [0.717, 1.165) is 9.35 Å². The van der Waals surface area contributed by atoms with Gasteiger partial charge in [-0.25, -0.2) is 9.59 Å². The van der Waals surface area contributed by atoms with E-state index in [1.807, 2.05) is 11.4 Å². The fourth-order valence-electron chi connectivity index (χ4n) is 1.55. The van der Waals surface area contributed by atoms with Crippen LogP contribution < -0.4 is 11.1 Å². The molecule has 1 aromatic heterocycles. The van der Waals surface area contributed by atoms with Gasteiger partial charge in [-0.15, -0.1) is 11.3 Å². The first-order valence-corrected chi connectivity index (χ1v) is 7.72. The Labute approximate surface area is 134 Å². The van der Waals surface area contributed by atoms with Crippen LogP contribution in [0.5, 0.6) is 0 Å². The monoisotopic (exact) mass is 377 g/mol. The lowest BCUT2D eigenvalue weighted by molar-refractivity contribution is -0.139. The van der Waals surface area contributed by atoms with Gasteiger partial charge in [0.25, 0.3) is 0 Å². The lowest BCUT2D eigenvalue weighted by Gasteiger charge is -2.20. The van der Waals surface area contributed by atoms with Crippen LogP contribution in [0, 0.1) is 0 Å². The minimum Gasteiger partial charge on any atom is -0.480 e. The lowest BCUT2D eigenvalue weighted by atomic mass is 10.1. The van der Waals surface area contributed by atoms with Gasteiger partial charge in [-0.05, 0) is 28.4 Å². The highest BCUT2D eigenvalue weighted by Crippen LogP contribution is 2.20. The van der Waals surface area contributed by atoms with E-state index < -0.39 is 23.9 Å². The Morgan fingerprint density at radius 1 is 1.52 bits per heavy atom. The van der Waals surface area contributed by atoms with Crippen molar-refractivity contribution >= 4 is 45.2 Å². The normalized spacial score (nSPS) is 11.7. The maximum absolute atomic E-state index is 11.9. The minimum absolute atomic E-state index is 0.0329. The van der Waals surface area contributed by atoms with Crippen LogP contribution in [0.2, 0.25) is 0 Å². The summed E-state index contributed by atoms with van der Waals surface area (Å²) in [6.07, 6.45) is -0.131. The second-order valence-electron chi connectivity index (χ2n) is 4.43. The number of carboxylic acid groups (broad SMARTS) is 1. The average molecular weight is 378 g/mol. The van der Waals surface area contributed by atoms with Gasteiger partial charge in [0, 0.05) is 28.2 Å². The van der Waals surface area contributed by atoms with Crippen molar-refractivity contribution in [1.29, 1.82) is 0 Å². The molecule has 0 radical (unpaired) electrons. The minimum atomic E-state index is -1.20. The molecule has 1 rings (SSSR count). The maximum Gasteiger partial charge on any atom is 0.326 e. The Kier molecular flexibility index (Phi) is 6.63. The van der Waals surface area contributed by atoms with Gasteiger partial charge in [0.15, 0.2) is 0 Å². The van der Waals surface area contributed by atoms with Crippen LogP contribution in [0.15, 0.2) is 15.9 Å². The Morgan fingerprint density at radius 3 is 2.67 bits per heavy atom. The zero-order valence-electron chi connectivity index (χ0n) is 11.3. The van der Waals surface area contributed by atoms with E-state index in [2.05, 4.69) is 21.2 Å². The number of carbonyl (C=O) groups is 3. The standard InChI is InChI=1S/C12H16BrN3O4S/c1-16(5-8-4-7(13)6-21-8)12(20)15-9(11(18)19)2-3-10(14)17/h4,6,9H,2-3,5H2,1H3,(H2,14,17)(H,15,20)(H,18,19). The number of carboxylic acids is 1. The molecule has 21 heavy (non-hydrogen) atoms. The first-order valence-electron chi connectivity index (χ1n) is 6.05. The fraction of sp³-hybridized carbons (Fsp3) is 0.417. The number of aliphatic carboxylic acids is 1. The number of carbonyl (C=O) groups excluding carboxylic acids is 2. The number of nitrogens with zero attached hydrogens (tertiary/aromatic N) is 1. The summed E-state index contributed by atoms with van der Waals surface area (Å²) in [6, 6.07) is 0.231. The van der Waals surface area contributed by atoms with Crippen molar-refractivity contribution in [2.75, 3.05) is 7.05 Å². The molecule has 0 saturated carbocycles. The van der Waals surface area contributed by atoms with Gasteiger partial charge in [0.1, 0.15) is 6.04 Å². The molecule has 7 nitrogen and oxygen atoms in total. The molecule has 116 valence electrons. The predicted octanol–water partition coefficient (Wildman–Crippen LogP) is 1.37. The van der Waals surface area contributed by atoms with Crippen molar-refractivity contribution in [3.63, 3.8) is 0 Å². The van der Waals surface area contributed by atoms with Crippen molar-refractivity contribution < 1.29 is 19.5 Å². The van der Waals surface area contributed by atoms with Crippen LogP contribution in [-0.2, 0) is 16.1 Å². The fourth-order valence-corrected chi connectivity index (χ4v) is 3.05. The second-order valence-corrected chi connectivity index (χ2v) is 6.34. The third-order valence-electron chi connectivity index (χ3n) is 2.64. The summed E-state index contributed by atoms with van der Waals surface area (Å²) in [7, 11) is 1.57. The molecule has 0 fully saturated rings. The van der Waals surface area contributed by atoms with E-state index in [1.165, 1.54) is 16.2 Å². The van der Waals surface area contributed by atoms with E-state index >= 15 is 0 Å². The van der Waals surface area contributed by atoms with Gasteiger partial charge < -0.3 is 21.1 Å². The topological polar surface area (TPSA) is 113 Å². The van der Waals surface area contributed by atoms with Crippen LogP contribution in [-0.4, -0.2) is 41.0 Å². The van der Waals surface area contributed by atoms with Gasteiger partial charge in [-0.2, -0.15) is 0 Å². The zero-order chi connectivity index (χ0) is 16.0. The summed E-state index contributed by atoms with van der Waals surface area (Å²) in [5.41, 5.74) is 4.98. The molecule has 4 N–H and O–H groups in total. The van der Waals surface area contributed by atoms with E-state index in [-0.39, 0.29) is 12.8 Å². The molecule has 9 heteroatoms. The number of thiophene rings is 1. The number of urea groups is 1. The van der Waals surface area contributed by atoms with Gasteiger partial charge in [0.05, 0.1) is 6.54 Å². The van der Waals surface area contributed by atoms with Crippen LogP contribution >= 0.6 is 27.3 Å². The number of hydrogen-bond acceptors (Lipinski definition) is 4. The quantitative estimate of drug-likeness (QED) is 0.665. The van der Waals surface area contributed by atoms with E-state index in [0.29, 0.717) is 6.54 Å². The number of nitrogens with two attached hydrogens (primary N) is 1. The molecule has 1 aromatic rings. The molecule has 0 bridgehead atoms. The molecule has 1 unspecified atom stereocenters. The first-order chi connectivity index (χ1) is 9.79. The Morgan fingerprint density at radius 2 is 2.19 bits per heavy atom. The van der Waals surface area contributed by atoms with Crippen molar-refractivity contribution in [3.8, 4) is 0 Å². The lowest BCUT2D eigenvalue weighted by Crippen LogP contribution is -2.46. The summed E-state index contributed by atoms with van der Waals surface area (Å²) < 4.78 is 0.932. The highest BCUT2D eigenvalue weighted by Gasteiger charge is 2.22.